The third kappa shape index (κ3) is 3.35. The summed E-state index contributed by atoms with van der Waals surface area (Å²) in [5.41, 5.74) is 3.37. The van der Waals surface area contributed by atoms with Gasteiger partial charge in [-0.2, -0.15) is 0 Å². The van der Waals surface area contributed by atoms with E-state index in [-0.39, 0.29) is 6.04 Å². The van der Waals surface area contributed by atoms with Crippen molar-refractivity contribution in [3.8, 4) is 5.75 Å². The van der Waals surface area contributed by atoms with E-state index in [1.54, 1.807) is 0 Å². The molecule has 0 aliphatic carbocycles. The van der Waals surface area contributed by atoms with Crippen molar-refractivity contribution in [3.05, 3.63) is 57.0 Å². The molecule has 2 aromatic carbocycles. The van der Waals surface area contributed by atoms with Crippen molar-refractivity contribution in [1.82, 2.24) is 0 Å². The van der Waals surface area contributed by atoms with Crippen molar-refractivity contribution < 1.29 is 4.74 Å². The SMILES string of the molecule is Cc1ccc(Cl)c(NC2CCCOc3cc(Br)ccc32)c1. The standard InChI is InChI=1S/C17H17BrClNO/c1-11-4-7-14(19)16(9-11)20-15-3-2-8-21-17-10-12(18)5-6-13(15)17/h4-7,9-10,15,20H,2-3,8H2,1H3. The average molecular weight is 367 g/mol. The van der Waals surface area contributed by atoms with Crippen molar-refractivity contribution in [1.29, 1.82) is 0 Å². The van der Waals surface area contributed by atoms with Crippen LogP contribution in [0.1, 0.15) is 30.0 Å². The van der Waals surface area contributed by atoms with E-state index in [0.29, 0.717) is 0 Å². The highest BCUT2D eigenvalue weighted by Gasteiger charge is 2.20. The van der Waals surface area contributed by atoms with Crippen molar-refractivity contribution >= 4 is 33.2 Å². The largest absolute Gasteiger partial charge is 0.493 e. The lowest BCUT2D eigenvalue weighted by molar-refractivity contribution is 0.316. The first-order valence-electron chi connectivity index (χ1n) is 7.08. The van der Waals surface area contributed by atoms with Crippen LogP contribution in [0.3, 0.4) is 0 Å². The van der Waals surface area contributed by atoms with Gasteiger partial charge in [0.05, 0.1) is 23.4 Å². The quantitative estimate of drug-likeness (QED) is 0.732. The lowest BCUT2D eigenvalue weighted by Crippen LogP contribution is -2.10. The summed E-state index contributed by atoms with van der Waals surface area (Å²) in [4.78, 5) is 0. The van der Waals surface area contributed by atoms with Crippen molar-refractivity contribution in [2.45, 2.75) is 25.8 Å². The van der Waals surface area contributed by atoms with Crippen LogP contribution in [-0.2, 0) is 0 Å². The van der Waals surface area contributed by atoms with E-state index in [1.807, 2.05) is 18.2 Å². The fourth-order valence-corrected chi connectivity index (χ4v) is 3.15. The number of rotatable bonds is 2. The average Bonchev–Trinajstić information content (AvgIpc) is 2.65. The lowest BCUT2D eigenvalue weighted by atomic mass is 10.0. The van der Waals surface area contributed by atoms with Crippen molar-refractivity contribution in [2.24, 2.45) is 0 Å². The summed E-state index contributed by atoms with van der Waals surface area (Å²) in [6.07, 6.45) is 2.05. The van der Waals surface area contributed by atoms with E-state index < -0.39 is 0 Å². The summed E-state index contributed by atoms with van der Waals surface area (Å²) in [6, 6.07) is 12.5. The second kappa shape index (κ2) is 6.29. The van der Waals surface area contributed by atoms with Crippen LogP contribution in [0, 0.1) is 6.92 Å². The van der Waals surface area contributed by atoms with Gasteiger partial charge >= 0.3 is 0 Å². The van der Waals surface area contributed by atoms with Crippen LogP contribution < -0.4 is 10.1 Å². The Morgan fingerprint density at radius 2 is 2.10 bits per heavy atom. The van der Waals surface area contributed by atoms with Gasteiger partial charge in [0.25, 0.3) is 0 Å². The number of anilines is 1. The molecule has 0 fully saturated rings. The first-order valence-corrected chi connectivity index (χ1v) is 8.25. The predicted octanol–water partition coefficient (Wildman–Crippen LogP) is 5.74. The number of aryl methyl sites for hydroxylation is 1. The normalized spacial score (nSPS) is 17.6. The Morgan fingerprint density at radius 3 is 2.95 bits per heavy atom. The van der Waals surface area contributed by atoms with E-state index in [2.05, 4.69) is 46.4 Å². The number of hydrogen-bond donors (Lipinski definition) is 1. The molecular weight excluding hydrogens is 350 g/mol. The number of fused-ring (bicyclic) bond motifs is 1. The zero-order valence-electron chi connectivity index (χ0n) is 11.8. The van der Waals surface area contributed by atoms with Gasteiger partial charge in [-0.15, -0.1) is 0 Å². The Hall–Kier alpha value is -1.19. The van der Waals surface area contributed by atoms with Crippen LogP contribution in [-0.4, -0.2) is 6.61 Å². The van der Waals surface area contributed by atoms with E-state index >= 15 is 0 Å². The van der Waals surface area contributed by atoms with Crippen LogP contribution in [0.15, 0.2) is 40.9 Å². The highest BCUT2D eigenvalue weighted by Crippen LogP contribution is 2.37. The minimum absolute atomic E-state index is 0.217. The molecule has 3 rings (SSSR count). The number of nitrogens with one attached hydrogen (secondary N) is 1. The van der Waals surface area contributed by atoms with Gasteiger partial charge < -0.3 is 10.1 Å². The smallest absolute Gasteiger partial charge is 0.125 e. The van der Waals surface area contributed by atoms with Crippen molar-refractivity contribution in [3.63, 3.8) is 0 Å². The van der Waals surface area contributed by atoms with Gasteiger partial charge in [-0.05, 0) is 49.6 Å². The van der Waals surface area contributed by atoms with Crippen molar-refractivity contribution in [2.75, 3.05) is 11.9 Å². The number of ether oxygens (including phenoxy) is 1. The minimum atomic E-state index is 0.217. The fourth-order valence-electron chi connectivity index (χ4n) is 2.63. The molecule has 1 heterocycles. The first kappa shape index (κ1) is 14.7. The molecule has 0 saturated carbocycles. The second-order valence-corrected chi connectivity index (χ2v) is 6.68. The van der Waals surface area contributed by atoms with Gasteiger partial charge in [0.2, 0.25) is 0 Å². The molecule has 2 aromatic rings. The number of halogens is 2. The van der Waals surface area contributed by atoms with Crippen LogP contribution in [0.4, 0.5) is 5.69 Å². The van der Waals surface area contributed by atoms with Gasteiger partial charge in [0.15, 0.2) is 0 Å². The molecule has 1 atom stereocenters. The Labute approximate surface area is 138 Å². The maximum atomic E-state index is 6.31. The maximum absolute atomic E-state index is 6.31. The van der Waals surface area contributed by atoms with Crippen LogP contribution in [0.2, 0.25) is 5.02 Å². The monoisotopic (exact) mass is 365 g/mol. The molecule has 0 spiro atoms. The molecule has 0 radical (unpaired) electrons. The molecule has 0 bridgehead atoms. The molecule has 1 aliphatic rings. The van der Waals surface area contributed by atoms with Crippen LogP contribution in [0.25, 0.3) is 0 Å². The summed E-state index contributed by atoms with van der Waals surface area (Å²) >= 11 is 9.81. The van der Waals surface area contributed by atoms with Gasteiger partial charge in [-0.1, -0.05) is 39.7 Å². The van der Waals surface area contributed by atoms with Gasteiger partial charge in [-0.3, -0.25) is 0 Å². The first-order chi connectivity index (χ1) is 10.1. The molecule has 4 heteroatoms. The molecule has 1 aliphatic heterocycles. The highest BCUT2D eigenvalue weighted by atomic mass is 79.9. The lowest BCUT2D eigenvalue weighted by Gasteiger charge is -2.21. The second-order valence-electron chi connectivity index (χ2n) is 5.35. The van der Waals surface area contributed by atoms with Gasteiger partial charge in [0, 0.05) is 10.0 Å². The van der Waals surface area contributed by atoms with Crippen LogP contribution >= 0.6 is 27.5 Å². The molecule has 0 aromatic heterocycles. The zero-order chi connectivity index (χ0) is 14.8. The minimum Gasteiger partial charge on any atom is -0.493 e. The fraction of sp³-hybridized carbons (Fsp3) is 0.294. The molecular formula is C17H17BrClNO. The summed E-state index contributed by atoms with van der Waals surface area (Å²) in [5.74, 6) is 0.947. The predicted molar refractivity (Wildman–Crippen MR) is 91.4 cm³/mol. The Morgan fingerprint density at radius 1 is 1.24 bits per heavy atom. The number of benzene rings is 2. The van der Waals surface area contributed by atoms with E-state index in [0.717, 1.165) is 40.4 Å². The molecule has 110 valence electrons. The Kier molecular flexibility index (Phi) is 4.41. The zero-order valence-corrected chi connectivity index (χ0v) is 14.2. The maximum Gasteiger partial charge on any atom is 0.125 e. The van der Waals surface area contributed by atoms with E-state index in [9.17, 15) is 0 Å². The third-order valence-corrected chi connectivity index (χ3v) is 4.52. The van der Waals surface area contributed by atoms with Gasteiger partial charge in [0.1, 0.15) is 5.75 Å². The van der Waals surface area contributed by atoms with E-state index in [1.165, 1.54) is 11.1 Å². The van der Waals surface area contributed by atoms with Gasteiger partial charge in [-0.25, -0.2) is 0 Å². The van der Waals surface area contributed by atoms with Crippen LogP contribution in [0.5, 0.6) is 5.75 Å². The summed E-state index contributed by atoms with van der Waals surface area (Å²) in [7, 11) is 0. The molecule has 2 nitrogen and oxygen atoms in total. The van der Waals surface area contributed by atoms with E-state index in [4.69, 9.17) is 16.3 Å². The molecule has 0 amide bonds. The molecule has 21 heavy (non-hydrogen) atoms. The Bertz CT molecular complexity index is 659. The highest BCUT2D eigenvalue weighted by molar-refractivity contribution is 9.10. The third-order valence-electron chi connectivity index (χ3n) is 3.70. The summed E-state index contributed by atoms with van der Waals surface area (Å²) < 4.78 is 6.89. The number of hydrogen-bond acceptors (Lipinski definition) is 2. The molecule has 1 N–H and O–H groups in total. The summed E-state index contributed by atoms with van der Waals surface area (Å²) in [5, 5.41) is 4.33. The Balaban J connectivity index is 1.94. The summed E-state index contributed by atoms with van der Waals surface area (Å²) in [6.45, 7) is 2.83. The topological polar surface area (TPSA) is 21.3 Å². The molecule has 1 unspecified atom stereocenters. The molecule has 0 saturated heterocycles.